The van der Waals surface area contributed by atoms with Gasteiger partial charge < -0.3 is 10.5 Å². The SMILES string of the molecule is COC(=O)Cc1cc(C)c(CN)c(C(F)F)n1. The molecule has 0 aliphatic carbocycles. The number of pyridine rings is 1. The summed E-state index contributed by atoms with van der Waals surface area (Å²) in [6, 6.07) is 1.57. The lowest BCUT2D eigenvalue weighted by molar-refractivity contribution is -0.139. The number of halogens is 2. The number of carbonyl (C=O) groups is 1. The van der Waals surface area contributed by atoms with Crippen molar-refractivity contribution in [3.8, 4) is 0 Å². The van der Waals surface area contributed by atoms with Crippen LogP contribution in [0, 0.1) is 6.92 Å². The van der Waals surface area contributed by atoms with E-state index >= 15 is 0 Å². The molecule has 0 saturated carbocycles. The Hall–Kier alpha value is -1.56. The Labute approximate surface area is 97.8 Å². The van der Waals surface area contributed by atoms with Crippen LogP contribution in [-0.4, -0.2) is 18.1 Å². The molecule has 1 aromatic rings. The Kier molecular flexibility index (Phi) is 4.51. The molecule has 6 heteroatoms. The fraction of sp³-hybridized carbons (Fsp3) is 0.455. The van der Waals surface area contributed by atoms with Crippen LogP contribution in [0.15, 0.2) is 6.07 Å². The number of esters is 1. The predicted molar refractivity (Wildman–Crippen MR) is 57.5 cm³/mol. The minimum absolute atomic E-state index is 0.00297. The molecule has 1 aromatic heterocycles. The summed E-state index contributed by atoms with van der Waals surface area (Å²) in [5.41, 5.74) is 6.25. The van der Waals surface area contributed by atoms with E-state index in [2.05, 4.69) is 9.72 Å². The van der Waals surface area contributed by atoms with Crippen molar-refractivity contribution >= 4 is 5.97 Å². The van der Waals surface area contributed by atoms with Gasteiger partial charge in [-0.2, -0.15) is 0 Å². The van der Waals surface area contributed by atoms with Crippen molar-refractivity contribution < 1.29 is 18.3 Å². The molecule has 0 bridgehead atoms. The molecule has 0 aliphatic rings. The maximum atomic E-state index is 12.8. The number of alkyl halides is 2. The lowest BCUT2D eigenvalue weighted by Gasteiger charge is -2.11. The molecule has 0 aliphatic heterocycles. The first-order valence-electron chi connectivity index (χ1n) is 5.04. The van der Waals surface area contributed by atoms with E-state index in [1.807, 2.05) is 0 Å². The molecule has 0 unspecified atom stereocenters. The van der Waals surface area contributed by atoms with Gasteiger partial charge in [0.05, 0.1) is 19.2 Å². The zero-order chi connectivity index (χ0) is 13.0. The molecule has 0 saturated heterocycles. The maximum Gasteiger partial charge on any atom is 0.311 e. The Morgan fingerprint density at radius 3 is 2.71 bits per heavy atom. The fourth-order valence-corrected chi connectivity index (χ4v) is 1.55. The Balaban J connectivity index is 3.15. The van der Waals surface area contributed by atoms with Gasteiger partial charge in [-0.25, -0.2) is 8.78 Å². The third-order valence-corrected chi connectivity index (χ3v) is 2.40. The van der Waals surface area contributed by atoms with Crippen molar-refractivity contribution in [2.45, 2.75) is 26.3 Å². The summed E-state index contributed by atoms with van der Waals surface area (Å²) in [5.74, 6) is -0.516. The van der Waals surface area contributed by atoms with Crippen molar-refractivity contribution in [3.05, 3.63) is 28.6 Å². The van der Waals surface area contributed by atoms with E-state index in [1.54, 1.807) is 13.0 Å². The quantitative estimate of drug-likeness (QED) is 0.815. The molecule has 2 N–H and O–H groups in total. The number of nitrogens with zero attached hydrogens (tertiary/aromatic N) is 1. The molecule has 0 amide bonds. The van der Waals surface area contributed by atoms with Crippen LogP contribution in [0.1, 0.15) is 28.9 Å². The molecule has 0 spiro atoms. The second kappa shape index (κ2) is 5.67. The summed E-state index contributed by atoms with van der Waals surface area (Å²) in [7, 11) is 1.23. The number of aromatic nitrogens is 1. The van der Waals surface area contributed by atoms with E-state index in [-0.39, 0.29) is 24.4 Å². The molecule has 0 aromatic carbocycles. The van der Waals surface area contributed by atoms with E-state index in [9.17, 15) is 13.6 Å². The average molecular weight is 244 g/mol. The van der Waals surface area contributed by atoms with E-state index < -0.39 is 12.4 Å². The van der Waals surface area contributed by atoms with Crippen LogP contribution in [0.2, 0.25) is 0 Å². The number of methoxy groups -OCH3 is 1. The van der Waals surface area contributed by atoms with Gasteiger partial charge in [-0.3, -0.25) is 9.78 Å². The number of carbonyl (C=O) groups excluding carboxylic acids is 1. The number of ether oxygens (including phenoxy) is 1. The van der Waals surface area contributed by atoms with Crippen LogP contribution in [0.5, 0.6) is 0 Å². The van der Waals surface area contributed by atoms with Crippen molar-refractivity contribution in [2.75, 3.05) is 7.11 Å². The van der Waals surface area contributed by atoms with E-state index in [4.69, 9.17) is 5.73 Å². The van der Waals surface area contributed by atoms with Crippen molar-refractivity contribution in [1.29, 1.82) is 0 Å². The predicted octanol–water partition coefficient (Wildman–Crippen LogP) is 1.50. The van der Waals surface area contributed by atoms with Crippen LogP contribution >= 0.6 is 0 Å². The van der Waals surface area contributed by atoms with Crippen molar-refractivity contribution in [2.24, 2.45) is 5.73 Å². The molecule has 0 atom stereocenters. The molecule has 0 fully saturated rings. The highest BCUT2D eigenvalue weighted by Gasteiger charge is 2.18. The molecule has 17 heavy (non-hydrogen) atoms. The summed E-state index contributed by atoms with van der Waals surface area (Å²) >= 11 is 0. The second-order valence-electron chi connectivity index (χ2n) is 3.55. The second-order valence-corrected chi connectivity index (χ2v) is 3.55. The maximum absolute atomic E-state index is 12.8. The topological polar surface area (TPSA) is 65.2 Å². The summed E-state index contributed by atoms with van der Waals surface area (Å²) in [6.07, 6.45) is -2.83. The molecule has 94 valence electrons. The highest BCUT2D eigenvalue weighted by Crippen LogP contribution is 2.24. The first-order chi connectivity index (χ1) is 7.99. The molecule has 0 radical (unpaired) electrons. The number of hydrogen-bond acceptors (Lipinski definition) is 4. The zero-order valence-electron chi connectivity index (χ0n) is 9.67. The van der Waals surface area contributed by atoms with Gasteiger partial charge in [-0.05, 0) is 24.1 Å². The Morgan fingerprint density at radius 2 is 2.24 bits per heavy atom. The van der Waals surface area contributed by atoms with Gasteiger partial charge in [0.15, 0.2) is 0 Å². The Morgan fingerprint density at radius 1 is 1.59 bits per heavy atom. The third kappa shape index (κ3) is 3.20. The normalized spacial score (nSPS) is 10.7. The first kappa shape index (κ1) is 13.5. The van der Waals surface area contributed by atoms with Crippen LogP contribution in [-0.2, 0) is 22.5 Å². The van der Waals surface area contributed by atoms with Crippen molar-refractivity contribution in [1.82, 2.24) is 4.98 Å². The average Bonchev–Trinajstić information content (AvgIpc) is 2.28. The third-order valence-electron chi connectivity index (χ3n) is 2.40. The smallest absolute Gasteiger partial charge is 0.311 e. The summed E-state index contributed by atoms with van der Waals surface area (Å²) in [4.78, 5) is 14.8. The summed E-state index contributed by atoms with van der Waals surface area (Å²) < 4.78 is 30.0. The number of hydrogen-bond donors (Lipinski definition) is 1. The number of rotatable bonds is 4. The lowest BCUT2D eigenvalue weighted by atomic mass is 10.1. The van der Waals surface area contributed by atoms with Gasteiger partial charge in [0.2, 0.25) is 0 Å². The largest absolute Gasteiger partial charge is 0.469 e. The number of aryl methyl sites for hydroxylation is 1. The van der Waals surface area contributed by atoms with Crippen LogP contribution in [0.4, 0.5) is 8.78 Å². The standard InChI is InChI=1S/C11H14F2N2O2/c1-6-3-7(4-9(16)17-2)15-10(11(12)13)8(6)5-14/h3,11H,4-5,14H2,1-2H3. The summed E-state index contributed by atoms with van der Waals surface area (Å²) in [6.45, 7) is 1.66. The van der Waals surface area contributed by atoms with Gasteiger partial charge in [-0.15, -0.1) is 0 Å². The molecule has 1 heterocycles. The first-order valence-corrected chi connectivity index (χ1v) is 5.04. The van der Waals surface area contributed by atoms with E-state index in [0.29, 0.717) is 11.1 Å². The van der Waals surface area contributed by atoms with Gasteiger partial charge >= 0.3 is 5.97 Å². The molecular weight excluding hydrogens is 230 g/mol. The van der Waals surface area contributed by atoms with Crippen LogP contribution in [0.25, 0.3) is 0 Å². The van der Waals surface area contributed by atoms with Gasteiger partial charge in [0.1, 0.15) is 5.69 Å². The van der Waals surface area contributed by atoms with Crippen LogP contribution < -0.4 is 5.73 Å². The van der Waals surface area contributed by atoms with Crippen LogP contribution in [0.3, 0.4) is 0 Å². The molecule has 4 nitrogen and oxygen atoms in total. The van der Waals surface area contributed by atoms with Gasteiger partial charge in [-0.1, -0.05) is 0 Å². The Bertz CT molecular complexity index is 422. The highest BCUT2D eigenvalue weighted by molar-refractivity contribution is 5.71. The van der Waals surface area contributed by atoms with E-state index in [1.165, 1.54) is 7.11 Å². The monoisotopic (exact) mass is 244 g/mol. The van der Waals surface area contributed by atoms with Gasteiger partial charge in [0, 0.05) is 6.54 Å². The molecular formula is C11H14F2N2O2. The lowest BCUT2D eigenvalue weighted by Crippen LogP contribution is -2.12. The van der Waals surface area contributed by atoms with Crippen molar-refractivity contribution in [3.63, 3.8) is 0 Å². The van der Waals surface area contributed by atoms with Gasteiger partial charge in [0.25, 0.3) is 6.43 Å². The zero-order valence-corrected chi connectivity index (χ0v) is 9.67. The minimum atomic E-state index is -2.70. The number of nitrogens with two attached hydrogens (primary N) is 1. The highest BCUT2D eigenvalue weighted by atomic mass is 19.3. The van der Waals surface area contributed by atoms with E-state index in [0.717, 1.165) is 0 Å². The summed E-state index contributed by atoms with van der Waals surface area (Å²) in [5, 5.41) is 0. The minimum Gasteiger partial charge on any atom is -0.469 e. The molecule has 1 rings (SSSR count). The fourth-order valence-electron chi connectivity index (χ4n) is 1.55.